The van der Waals surface area contributed by atoms with Gasteiger partial charge in [0.2, 0.25) is 0 Å². The van der Waals surface area contributed by atoms with E-state index in [2.05, 4.69) is 26.1 Å². The van der Waals surface area contributed by atoms with Crippen LogP contribution in [0.5, 0.6) is 0 Å². The molecule has 1 saturated carbocycles. The van der Waals surface area contributed by atoms with Crippen LogP contribution in [0.2, 0.25) is 0 Å². The Morgan fingerprint density at radius 3 is 2.41 bits per heavy atom. The van der Waals surface area contributed by atoms with Gasteiger partial charge in [0.1, 0.15) is 24.3 Å². The second-order valence-electron chi connectivity index (χ2n) is 10.7. The molecule has 2 aliphatic rings. The van der Waals surface area contributed by atoms with Crippen molar-refractivity contribution < 1.29 is 23.5 Å². The van der Waals surface area contributed by atoms with E-state index >= 15 is 0 Å². The van der Waals surface area contributed by atoms with E-state index < -0.39 is 29.7 Å². The summed E-state index contributed by atoms with van der Waals surface area (Å²) in [7, 11) is 0. The molecule has 1 aliphatic heterocycles. The summed E-state index contributed by atoms with van der Waals surface area (Å²) < 4.78 is 10.6. The molecule has 34 heavy (non-hydrogen) atoms. The number of carbonyl (C=O) groups is 3. The first-order valence-corrected chi connectivity index (χ1v) is 11.7. The zero-order chi connectivity index (χ0) is 24.8. The van der Waals surface area contributed by atoms with Crippen LogP contribution in [0, 0.1) is 25.2 Å². The predicted molar refractivity (Wildman–Crippen MR) is 126 cm³/mol. The minimum atomic E-state index is -0.927. The molecule has 1 aromatic heterocycles. The van der Waals surface area contributed by atoms with E-state index in [0.29, 0.717) is 35.3 Å². The molecule has 1 aromatic carbocycles. The predicted octanol–water partition coefficient (Wildman–Crippen LogP) is 3.98. The number of nitrogens with zero attached hydrogens (tertiary/aromatic N) is 1. The molecule has 1 saturated heterocycles. The molecule has 2 heterocycles. The number of benzene rings is 1. The van der Waals surface area contributed by atoms with Gasteiger partial charge in [0.25, 0.3) is 5.91 Å². The van der Waals surface area contributed by atoms with Gasteiger partial charge in [-0.25, -0.2) is 9.59 Å². The third-order valence-corrected chi connectivity index (χ3v) is 7.43. The van der Waals surface area contributed by atoms with Crippen molar-refractivity contribution in [1.82, 2.24) is 10.2 Å². The maximum atomic E-state index is 13.1. The van der Waals surface area contributed by atoms with Gasteiger partial charge in [0.05, 0.1) is 0 Å². The number of amides is 3. The zero-order valence-corrected chi connectivity index (χ0v) is 20.4. The number of ether oxygens (including phenoxy) is 1. The summed E-state index contributed by atoms with van der Waals surface area (Å²) in [4.78, 5) is 51.2. The summed E-state index contributed by atoms with van der Waals surface area (Å²) in [6, 6.07) is 4.39. The molecule has 8 heteroatoms. The maximum absolute atomic E-state index is 13.1. The molecule has 3 amide bonds. The van der Waals surface area contributed by atoms with Crippen molar-refractivity contribution in [3.63, 3.8) is 0 Å². The van der Waals surface area contributed by atoms with Crippen LogP contribution in [-0.2, 0) is 20.9 Å². The van der Waals surface area contributed by atoms with Crippen LogP contribution < -0.4 is 10.9 Å². The number of imide groups is 1. The largest absolute Gasteiger partial charge is 0.459 e. The summed E-state index contributed by atoms with van der Waals surface area (Å²) in [5.41, 5.74) is 1.60. The van der Waals surface area contributed by atoms with Crippen LogP contribution in [0.25, 0.3) is 11.0 Å². The van der Waals surface area contributed by atoms with Crippen LogP contribution >= 0.6 is 0 Å². The summed E-state index contributed by atoms with van der Waals surface area (Å²) in [5, 5.41) is 3.52. The number of urea groups is 1. The van der Waals surface area contributed by atoms with Gasteiger partial charge in [-0.15, -0.1) is 0 Å². The Hall–Kier alpha value is -3.16. The van der Waals surface area contributed by atoms with Crippen molar-refractivity contribution >= 4 is 28.9 Å². The number of aryl methyl sites for hydroxylation is 2. The Labute approximate surface area is 198 Å². The lowest BCUT2D eigenvalue weighted by Crippen LogP contribution is -2.50. The lowest BCUT2D eigenvalue weighted by molar-refractivity contribution is -0.149. The normalized spacial score (nSPS) is 23.0. The van der Waals surface area contributed by atoms with Gasteiger partial charge in [-0.3, -0.25) is 14.5 Å². The highest BCUT2D eigenvalue weighted by Crippen LogP contribution is 2.43. The van der Waals surface area contributed by atoms with Gasteiger partial charge >= 0.3 is 17.6 Å². The topological polar surface area (TPSA) is 106 Å². The highest BCUT2D eigenvalue weighted by molar-refractivity contribution is 6.08. The molecule has 0 unspecified atom stereocenters. The molecule has 0 atom stereocenters. The molecular formula is C26H32N2O6. The molecule has 2 fully saturated rings. The van der Waals surface area contributed by atoms with E-state index in [1.807, 2.05) is 19.9 Å². The first-order valence-electron chi connectivity index (χ1n) is 11.7. The third kappa shape index (κ3) is 4.45. The number of hydrogen-bond donors (Lipinski definition) is 1. The maximum Gasteiger partial charge on any atom is 0.336 e. The van der Waals surface area contributed by atoms with E-state index in [0.717, 1.165) is 28.9 Å². The summed E-state index contributed by atoms with van der Waals surface area (Å²) >= 11 is 0. The number of fused-ring (bicyclic) bond motifs is 1. The Balaban J connectivity index is 1.42. The fraction of sp³-hybridized carbons (Fsp3) is 0.538. The van der Waals surface area contributed by atoms with Gasteiger partial charge < -0.3 is 14.5 Å². The van der Waals surface area contributed by atoms with Crippen molar-refractivity contribution in [3.8, 4) is 0 Å². The highest BCUT2D eigenvalue weighted by atomic mass is 16.5. The highest BCUT2D eigenvalue weighted by Gasteiger charge is 2.53. The van der Waals surface area contributed by atoms with E-state index in [1.54, 1.807) is 6.07 Å². The fourth-order valence-electron chi connectivity index (χ4n) is 5.07. The van der Waals surface area contributed by atoms with Crippen molar-refractivity contribution in [2.45, 2.75) is 72.4 Å². The van der Waals surface area contributed by atoms with Crippen LogP contribution in [0.1, 0.15) is 63.1 Å². The average molecular weight is 469 g/mol. The number of nitrogens with one attached hydrogen (secondary N) is 1. The number of carbonyl (C=O) groups excluding carboxylic acids is 3. The third-order valence-electron chi connectivity index (χ3n) is 7.43. The molecule has 1 spiro atoms. The van der Waals surface area contributed by atoms with Gasteiger partial charge in [-0.2, -0.15) is 0 Å². The van der Waals surface area contributed by atoms with Gasteiger partial charge in [-0.1, -0.05) is 20.8 Å². The van der Waals surface area contributed by atoms with Crippen molar-refractivity contribution in [1.29, 1.82) is 0 Å². The molecule has 1 N–H and O–H groups in total. The van der Waals surface area contributed by atoms with Gasteiger partial charge in [0.15, 0.2) is 0 Å². The standard InChI is InChI=1S/C26H32N2O6/c1-15-10-19-17(12-21(29)34-20(19)11-16(15)2)14-33-22(30)13-28-23(31)26(27-24(28)32)8-6-18(7-9-26)25(3,4)5/h10-12,18H,6-9,13-14H2,1-5H3,(H,27,32). The number of hydrogen-bond acceptors (Lipinski definition) is 6. The van der Waals surface area contributed by atoms with Gasteiger partial charge in [-0.05, 0) is 74.1 Å². The monoisotopic (exact) mass is 468 g/mol. The van der Waals surface area contributed by atoms with E-state index in [4.69, 9.17) is 9.15 Å². The van der Waals surface area contributed by atoms with E-state index in [-0.39, 0.29) is 17.9 Å². The Morgan fingerprint density at radius 2 is 1.76 bits per heavy atom. The van der Waals surface area contributed by atoms with Crippen molar-refractivity contribution in [3.05, 3.63) is 45.3 Å². The summed E-state index contributed by atoms with van der Waals surface area (Å²) in [5.74, 6) is -0.597. The Kier molecular flexibility index (Phi) is 6.04. The van der Waals surface area contributed by atoms with Crippen LogP contribution in [0.3, 0.4) is 0 Å². The van der Waals surface area contributed by atoms with E-state index in [9.17, 15) is 19.2 Å². The number of rotatable bonds is 4. The Morgan fingerprint density at radius 1 is 1.12 bits per heavy atom. The van der Waals surface area contributed by atoms with Crippen LogP contribution in [0.15, 0.2) is 27.4 Å². The van der Waals surface area contributed by atoms with Crippen LogP contribution in [-0.4, -0.2) is 34.9 Å². The molecule has 4 rings (SSSR count). The Bertz CT molecular complexity index is 1210. The molecule has 2 aromatic rings. The molecular weight excluding hydrogens is 436 g/mol. The molecule has 182 valence electrons. The van der Waals surface area contributed by atoms with Crippen molar-refractivity contribution in [2.75, 3.05) is 6.54 Å². The van der Waals surface area contributed by atoms with E-state index in [1.165, 1.54) is 6.07 Å². The first-order chi connectivity index (χ1) is 15.9. The SMILES string of the molecule is Cc1cc2oc(=O)cc(COC(=O)CN3C(=O)NC4(CCC(C(C)(C)C)CC4)C3=O)c2cc1C. The molecule has 1 aliphatic carbocycles. The minimum absolute atomic E-state index is 0.146. The summed E-state index contributed by atoms with van der Waals surface area (Å²) in [6.45, 7) is 9.80. The second kappa shape index (κ2) is 8.56. The smallest absolute Gasteiger partial charge is 0.336 e. The van der Waals surface area contributed by atoms with Gasteiger partial charge in [0, 0.05) is 17.0 Å². The quantitative estimate of drug-likeness (QED) is 0.413. The zero-order valence-electron chi connectivity index (χ0n) is 20.4. The second-order valence-corrected chi connectivity index (χ2v) is 10.7. The first kappa shape index (κ1) is 24.0. The average Bonchev–Trinajstić information content (AvgIpc) is 2.97. The van der Waals surface area contributed by atoms with Crippen LogP contribution in [0.4, 0.5) is 4.79 Å². The molecule has 0 bridgehead atoms. The lowest BCUT2D eigenvalue weighted by atomic mass is 9.67. The molecule has 8 nitrogen and oxygen atoms in total. The molecule has 0 radical (unpaired) electrons. The lowest BCUT2D eigenvalue weighted by Gasteiger charge is -2.40. The summed E-state index contributed by atoms with van der Waals surface area (Å²) in [6.07, 6.45) is 2.82. The number of esters is 1. The minimum Gasteiger partial charge on any atom is -0.459 e. The van der Waals surface area contributed by atoms with Crippen molar-refractivity contribution in [2.24, 2.45) is 11.3 Å². The fourth-order valence-corrected chi connectivity index (χ4v) is 5.07.